The molecule has 2 atom stereocenters. The van der Waals surface area contributed by atoms with Crippen LogP contribution in [0.15, 0.2) is 53.5 Å². The van der Waals surface area contributed by atoms with Gasteiger partial charge in [-0.2, -0.15) is 0 Å². The molecule has 0 aromatic heterocycles. The summed E-state index contributed by atoms with van der Waals surface area (Å²) < 4.78 is 19.2. The second-order valence-corrected chi connectivity index (χ2v) is 8.31. The van der Waals surface area contributed by atoms with Crippen LogP contribution >= 0.6 is 0 Å². The molecule has 0 N–H and O–H groups in total. The van der Waals surface area contributed by atoms with E-state index in [-0.39, 0.29) is 18.1 Å². The lowest BCUT2D eigenvalue weighted by atomic mass is 10.1. The van der Waals surface area contributed by atoms with E-state index in [9.17, 15) is 18.8 Å². The van der Waals surface area contributed by atoms with Gasteiger partial charge in [0, 0.05) is 31.4 Å². The number of fused-ring (bicyclic) bond motifs is 3. The van der Waals surface area contributed by atoms with Gasteiger partial charge in [0.2, 0.25) is 5.96 Å². The lowest BCUT2D eigenvalue weighted by molar-refractivity contribution is -0.137. The van der Waals surface area contributed by atoms with Gasteiger partial charge in [0.1, 0.15) is 5.82 Å². The molecule has 5 rings (SSSR count). The third-order valence-electron chi connectivity index (χ3n) is 6.35. The van der Waals surface area contributed by atoms with Crippen molar-refractivity contribution in [2.45, 2.75) is 25.7 Å². The van der Waals surface area contributed by atoms with Crippen LogP contribution in [0.4, 0.5) is 14.9 Å². The van der Waals surface area contributed by atoms with Crippen LogP contribution in [0, 0.1) is 5.82 Å². The summed E-state index contributed by atoms with van der Waals surface area (Å²) in [4.78, 5) is 49.4. The Morgan fingerprint density at radius 1 is 1.12 bits per heavy atom. The first kappa shape index (κ1) is 21.9. The molecule has 3 heterocycles. The highest BCUT2D eigenvalue weighted by Gasteiger charge is 2.54. The number of ether oxygens (including phenoxy) is 1. The number of hydrogen-bond donors (Lipinski definition) is 0. The van der Waals surface area contributed by atoms with Crippen molar-refractivity contribution in [3.8, 4) is 0 Å². The summed E-state index contributed by atoms with van der Waals surface area (Å²) in [5.74, 6) is -0.647. The van der Waals surface area contributed by atoms with E-state index in [1.165, 1.54) is 11.0 Å². The van der Waals surface area contributed by atoms with Gasteiger partial charge in [0.15, 0.2) is 12.2 Å². The van der Waals surface area contributed by atoms with Crippen molar-refractivity contribution in [1.29, 1.82) is 0 Å². The average Bonchev–Trinajstić information content (AvgIpc) is 3.41. The van der Waals surface area contributed by atoms with Crippen molar-refractivity contribution in [3.05, 3.63) is 65.5 Å². The number of rotatable bonds is 5. The van der Waals surface area contributed by atoms with E-state index in [2.05, 4.69) is 0 Å². The quantitative estimate of drug-likeness (QED) is 0.630. The molecule has 2 aromatic rings. The number of benzene rings is 2. The van der Waals surface area contributed by atoms with Gasteiger partial charge in [-0.05, 0) is 37.3 Å². The van der Waals surface area contributed by atoms with Gasteiger partial charge in [-0.3, -0.25) is 9.69 Å². The summed E-state index contributed by atoms with van der Waals surface area (Å²) in [6.45, 7) is 3.05. The molecule has 9 nitrogen and oxygen atoms in total. The fourth-order valence-corrected chi connectivity index (χ4v) is 4.62. The number of nitrogens with zero attached hydrogens (tertiary/aromatic N) is 5. The zero-order valence-electron chi connectivity index (χ0n) is 18.8. The van der Waals surface area contributed by atoms with Crippen molar-refractivity contribution >= 4 is 29.6 Å². The first-order valence-corrected chi connectivity index (χ1v) is 11.1. The Labute approximate surface area is 196 Å². The number of likely N-dealkylation sites (N-methyl/N-ethyl adjacent to an activating group) is 1. The number of aliphatic imine (C=N–C) groups is 1. The topological polar surface area (TPSA) is 85.8 Å². The van der Waals surface area contributed by atoms with Crippen molar-refractivity contribution < 1.29 is 23.5 Å². The molecular weight excluding hydrogens is 441 g/mol. The fraction of sp³-hybridized carbons (Fsp3) is 0.333. The van der Waals surface area contributed by atoms with Gasteiger partial charge in [0.25, 0.3) is 5.91 Å². The molecule has 0 saturated carbocycles. The number of carbonyl (C=O) groups is 3. The molecule has 2 fully saturated rings. The number of urea groups is 1. The summed E-state index contributed by atoms with van der Waals surface area (Å²) in [7, 11) is 1.60. The Hall–Kier alpha value is -3.95. The average molecular weight is 465 g/mol. The van der Waals surface area contributed by atoms with Crippen molar-refractivity contribution in [2.24, 2.45) is 4.99 Å². The zero-order valence-corrected chi connectivity index (χ0v) is 18.8. The van der Waals surface area contributed by atoms with E-state index in [1.54, 1.807) is 56.4 Å². The highest BCUT2D eigenvalue weighted by molar-refractivity contribution is 6.08. The molecule has 0 radical (unpaired) electrons. The highest BCUT2D eigenvalue weighted by atomic mass is 19.1. The Morgan fingerprint density at radius 3 is 2.56 bits per heavy atom. The molecule has 10 heteroatoms. The van der Waals surface area contributed by atoms with Gasteiger partial charge in [-0.15, -0.1) is 0 Å². The van der Waals surface area contributed by atoms with Crippen LogP contribution in [0.5, 0.6) is 0 Å². The van der Waals surface area contributed by atoms with E-state index in [4.69, 9.17) is 9.73 Å². The Balaban J connectivity index is 1.39. The molecule has 2 unspecified atom stereocenters. The van der Waals surface area contributed by atoms with Crippen LogP contribution in [0.2, 0.25) is 0 Å². The SMILES string of the molecule is CCOC(=O)c1ccc(N2CCN3C2=NC2C3C(=O)N(Cc3ccccc3F)C(=O)N2C)cc1. The first-order valence-electron chi connectivity index (χ1n) is 11.1. The molecule has 0 spiro atoms. The minimum atomic E-state index is -0.673. The number of esters is 1. The Kier molecular flexibility index (Phi) is 5.43. The normalized spacial score (nSPS) is 21.6. The predicted octanol–water partition coefficient (Wildman–Crippen LogP) is 2.28. The summed E-state index contributed by atoms with van der Waals surface area (Å²) in [5.41, 5.74) is 1.55. The molecule has 3 aliphatic heterocycles. The number of halogens is 1. The molecule has 2 saturated heterocycles. The van der Waals surface area contributed by atoms with Gasteiger partial charge >= 0.3 is 12.0 Å². The number of anilines is 1. The first-order chi connectivity index (χ1) is 16.4. The maximum absolute atomic E-state index is 14.2. The molecule has 2 aromatic carbocycles. The zero-order chi connectivity index (χ0) is 24.0. The predicted molar refractivity (Wildman–Crippen MR) is 122 cm³/mol. The number of carbonyl (C=O) groups excluding carboxylic acids is 3. The molecule has 3 amide bonds. The minimum Gasteiger partial charge on any atom is -0.462 e. The molecule has 176 valence electrons. The van der Waals surface area contributed by atoms with Crippen LogP contribution in [-0.4, -0.2) is 77.5 Å². The largest absolute Gasteiger partial charge is 0.462 e. The summed E-state index contributed by atoms with van der Waals surface area (Å²) in [6, 6.07) is 11.9. The van der Waals surface area contributed by atoms with E-state index in [0.29, 0.717) is 31.2 Å². The van der Waals surface area contributed by atoms with E-state index >= 15 is 0 Å². The van der Waals surface area contributed by atoms with Crippen LogP contribution in [0.25, 0.3) is 0 Å². The van der Waals surface area contributed by atoms with Crippen LogP contribution in [-0.2, 0) is 16.1 Å². The molecular formula is C24H24FN5O4. The lowest BCUT2D eigenvalue weighted by Crippen LogP contribution is -2.64. The van der Waals surface area contributed by atoms with E-state index in [1.807, 2.05) is 9.80 Å². The van der Waals surface area contributed by atoms with E-state index < -0.39 is 30.0 Å². The van der Waals surface area contributed by atoms with Crippen LogP contribution in [0.1, 0.15) is 22.8 Å². The number of amides is 3. The van der Waals surface area contributed by atoms with Crippen LogP contribution < -0.4 is 4.90 Å². The van der Waals surface area contributed by atoms with Gasteiger partial charge in [-0.1, -0.05) is 18.2 Å². The summed E-state index contributed by atoms with van der Waals surface area (Å²) in [6.07, 6.45) is -0.659. The van der Waals surface area contributed by atoms with E-state index in [0.717, 1.165) is 10.6 Å². The standard InChI is InChI=1S/C24H24FN5O4/c1-3-34-22(32)15-8-10-17(11-9-15)28-12-13-29-19-20(26-23(28)29)27(2)24(33)30(21(19)31)14-16-6-4-5-7-18(16)25/h4-11,19-20H,3,12-14H2,1-2H3. The second-order valence-electron chi connectivity index (χ2n) is 8.31. The van der Waals surface area contributed by atoms with Crippen molar-refractivity contribution in [3.63, 3.8) is 0 Å². The van der Waals surface area contributed by atoms with Gasteiger partial charge < -0.3 is 19.4 Å². The number of guanidine groups is 1. The Morgan fingerprint density at radius 2 is 1.85 bits per heavy atom. The van der Waals surface area contributed by atoms with Gasteiger partial charge in [-0.25, -0.2) is 19.0 Å². The smallest absolute Gasteiger partial charge is 0.338 e. The van der Waals surface area contributed by atoms with Crippen molar-refractivity contribution in [1.82, 2.24) is 14.7 Å². The Bertz CT molecular complexity index is 1180. The third-order valence-corrected chi connectivity index (χ3v) is 6.35. The van der Waals surface area contributed by atoms with Crippen molar-refractivity contribution in [2.75, 3.05) is 31.6 Å². The maximum Gasteiger partial charge on any atom is 0.338 e. The van der Waals surface area contributed by atoms with Gasteiger partial charge in [0.05, 0.1) is 18.7 Å². The minimum absolute atomic E-state index is 0.139. The third kappa shape index (κ3) is 3.46. The number of hydrogen-bond acceptors (Lipinski definition) is 7. The van der Waals surface area contributed by atoms with Crippen LogP contribution in [0.3, 0.4) is 0 Å². The number of imide groups is 1. The molecule has 0 aliphatic carbocycles. The monoisotopic (exact) mass is 465 g/mol. The summed E-state index contributed by atoms with van der Waals surface area (Å²) >= 11 is 0. The fourth-order valence-electron chi connectivity index (χ4n) is 4.62. The molecule has 34 heavy (non-hydrogen) atoms. The second kappa shape index (κ2) is 8.44. The molecule has 3 aliphatic rings. The highest BCUT2D eigenvalue weighted by Crippen LogP contribution is 2.34. The summed E-state index contributed by atoms with van der Waals surface area (Å²) in [5, 5.41) is 0. The maximum atomic E-state index is 14.2. The lowest BCUT2D eigenvalue weighted by Gasteiger charge is -2.40. The molecule has 0 bridgehead atoms.